The van der Waals surface area contributed by atoms with E-state index in [0.29, 0.717) is 72.5 Å². The van der Waals surface area contributed by atoms with Crippen molar-refractivity contribution in [1.82, 2.24) is 0 Å². The molecule has 0 heterocycles. The number of carbonyl (C=O) groups excluding carboxylic acids is 1. The molecule has 0 aromatic carbocycles. The van der Waals surface area contributed by atoms with E-state index in [1.165, 1.54) is 70.6 Å². The molecule has 0 fully saturated rings. The first-order valence-corrected chi connectivity index (χ1v) is 14.9. The molecule has 0 aliphatic carbocycles. The molecule has 0 radical (unpaired) electrons. The van der Waals surface area contributed by atoms with Gasteiger partial charge in [0.05, 0.1) is 59.5 Å². The second-order valence-corrected chi connectivity index (χ2v) is 9.27. The highest BCUT2D eigenvalue weighted by atomic mass is 16.6. The SMILES string of the molecule is CCCCCCCCCCCC(=O)OCCOCCOCCOCCOCCOCCCCCCC. The Bertz CT molecular complexity index is 420. The first-order valence-electron chi connectivity index (χ1n) is 14.9. The van der Waals surface area contributed by atoms with Crippen molar-refractivity contribution in [3.8, 4) is 0 Å². The molecule has 0 spiro atoms. The summed E-state index contributed by atoms with van der Waals surface area (Å²) in [6.45, 7) is 10.4. The van der Waals surface area contributed by atoms with E-state index in [0.717, 1.165) is 25.9 Å². The van der Waals surface area contributed by atoms with Crippen molar-refractivity contribution in [2.75, 3.05) is 72.7 Å². The molecular weight excluding hydrogens is 460 g/mol. The quantitative estimate of drug-likeness (QED) is 0.0765. The van der Waals surface area contributed by atoms with Gasteiger partial charge in [-0.2, -0.15) is 0 Å². The molecule has 0 aromatic heterocycles. The summed E-state index contributed by atoms with van der Waals surface area (Å²) >= 11 is 0. The van der Waals surface area contributed by atoms with E-state index >= 15 is 0 Å². The largest absolute Gasteiger partial charge is 0.463 e. The highest BCUT2D eigenvalue weighted by Gasteiger charge is 2.02. The fraction of sp³-hybridized carbons (Fsp3) is 0.966. The first-order chi connectivity index (χ1) is 17.8. The van der Waals surface area contributed by atoms with E-state index < -0.39 is 0 Å². The molecule has 0 N–H and O–H groups in total. The van der Waals surface area contributed by atoms with Crippen molar-refractivity contribution in [1.29, 1.82) is 0 Å². The minimum absolute atomic E-state index is 0.121. The van der Waals surface area contributed by atoms with Crippen LogP contribution in [0.25, 0.3) is 0 Å². The summed E-state index contributed by atoms with van der Waals surface area (Å²) in [6, 6.07) is 0. The lowest BCUT2D eigenvalue weighted by Crippen LogP contribution is -2.15. The predicted molar refractivity (Wildman–Crippen MR) is 146 cm³/mol. The zero-order valence-electron chi connectivity index (χ0n) is 23.7. The third kappa shape index (κ3) is 31.3. The maximum absolute atomic E-state index is 11.7. The molecule has 0 rings (SSSR count). The minimum Gasteiger partial charge on any atom is -0.463 e. The van der Waals surface area contributed by atoms with Crippen LogP contribution in [-0.2, 0) is 33.2 Å². The highest BCUT2D eigenvalue weighted by molar-refractivity contribution is 5.69. The fourth-order valence-corrected chi connectivity index (χ4v) is 3.66. The Balaban J connectivity index is 3.11. The molecule has 7 nitrogen and oxygen atoms in total. The molecule has 36 heavy (non-hydrogen) atoms. The minimum atomic E-state index is -0.121. The second kappa shape index (κ2) is 32.3. The summed E-state index contributed by atoms with van der Waals surface area (Å²) in [5.74, 6) is -0.121. The Hall–Kier alpha value is -0.730. The van der Waals surface area contributed by atoms with Gasteiger partial charge < -0.3 is 28.4 Å². The fourth-order valence-electron chi connectivity index (χ4n) is 3.66. The molecule has 216 valence electrons. The standard InChI is InChI=1S/C29H58O7/c1-3-5-7-9-10-11-12-13-15-17-29(30)36-28-27-35-26-25-34-24-23-33-22-21-32-20-19-31-18-16-14-8-6-4-2/h3-28H2,1-2H3. The van der Waals surface area contributed by atoms with Crippen LogP contribution in [0.1, 0.15) is 110 Å². The Morgan fingerprint density at radius 2 is 0.722 bits per heavy atom. The van der Waals surface area contributed by atoms with Crippen molar-refractivity contribution in [2.45, 2.75) is 110 Å². The van der Waals surface area contributed by atoms with Crippen LogP contribution < -0.4 is 0 Å². The van der Waals surface area contributed by atoms with E-state index in [1.807, 2.05) is 0 Å². The molecule has 7 heteroatoms. The molecule has 0 unspecified atom stereocenters. The van der Waals surface area contributed by atoms with Crippen molar-refractivity contribution < 1.29 is 33.2 Å². The third-order valence-electron chi connectivity index (χ3n) is 5.86. The Morgan fingerprint density at radius 1 is 0.389 bits per heavy atom. The summed E-state index contributed by atoms with van der Waals surface area (Å²) in [7, 11) is 0. The number of esters is 1. The maximum Gasteiger partial charge on any atom is 0.305 e. The number of rotatable bonds is 31. The van der Waals surface area contributed by atoms with E-state index in [9.17, 15) is 4.79 Å². The van der Waals surface area contributed by atoms with Gasteiger partial charge in [0, 0.05) is 13.0 Å². The van der Waals surface area contributed by atoms with Crippen molar-refractivity contribution in [3.63, 3.8) is 0 Å². The van der Waals surface area contributed by atoms with Gasteiger partial charge >= 0.3 is 5.97 Å². The third-order valence-corrected chi connectivity index (χ3v) is 5.86. The van der Waals surface area contributed by atoms with Gasteiger partial charge in [-0.05, 0) is 12.8 Å². The smallest absolute Gasteiger partial charge is 0.305 e. The molecule has 0 saturated carbocycles. The van der Waals surface area contributed by atoms with Gasteiger partial charge in [0.15, 0.2) is 0 Å². The van der Waals surface area contributed by atoms with Gasteiger partial charge in [0.1, 0.15) is 6.61 Å². The second-order valence-electron chi connectivity index (χ2n) is 9.27. The summed E-state index contributed by atoms with van der Waals surface area (Å²) in [5, 5.41) is 0. The van der Waals surface area contributed by atoms with Gasteiger partial charge in [0.25, 0.3) is 0 Å². The average Bonchev–Trinajstić information content (AvgIpc) is 2.88. The number of unbranched alkanes of at least 4 members (excludes halogenated alkanes) is 12. The molecule has 0 aliphatic heterocycles. The predicted octanol–water partition coefficient (Wildman–Crippen LogP) is 6.50. The number of hydrogen-bond acceptors (Lipinski definition) is 7. The van der Waals surface area contributed by atoms with Crippen LogP contribution in [0.4, 0.5) is 0 Å². The summed E-state index contributed by atoms with van der Waals surface area (Å²) < 4.78 is 32.6. The van der Waals surface area contributed by atoms with Crippen LogP contribution in [0.3, 0.4) is 0 Å². The maximum atomic E-state index is 11.7. The van der Waals surface area contributed by atoms with Crippen LogP contribution in [0.2, 0.25) is 0 Å². The molecule has 0 amide bonds. The lowest BCUT2D eigenvalue weighted by atomic mass is 10.1. The Kier molecular flexibility index (Phi) is 31.6. The topological polar surface area (TPSA) is 72.5 Å². The Morgan fingerprint density at radius 3 is 1.17 bits per heavy atom. The van der Waals surface area contributed by atoms with Crippen LogP contribution in [0.15, 0.2) is 0 Å². The molecule has 0 bridgehead atoms. The van der Waals surface area contributed by atoms with Crippen LogP contribution in [0, 0.1) is 0 Å². The average molecular weight is 519 g/mol. The molecule has 0 aliphatic rings. The van der Waals surface area contributed by atoms with Gasteiger partial charge in [0.2, 0.25) is 0 Å². The lowest BCUT2D eigenvalue weighted by molar-refractivity contribution is -0.145. The van der Waals surface area contributed by atoms with Crippen LogP contribution >= 0.6 is 0 Å². The van der Waals surface area contributed by atoms with Gasteiger partial charge in [-0.25, -0.2) is 0 Å². The zero-order chi connectivity index (χ0) is 26.2. The Labute approximate surface area is 222 Å². The van der Waals surface area contributed by atoms with Gasteiger partial charge in [-0.3, -0.25) is 4.79 Å². The molecule has 0 saturated heterocycles. The first kappa shape index (κ1) is 35.3. The van der Waals surface area contributed by atoms with Crippen molar-refractivity contribution >= 4 is 5.97 Å². The van der Waals surface area contributed by atoms with Gasteiger partial charge in [-0.1, -0.05) is 90.9 Å². The normalized spacial score (nSPS) is 11.3. The van der Waals surface area contributed by atoms with E-state index in [-0.39, 0.29) is 5.97 Å². The van der Waals surface area contributed by atoms with Crippen LogP contribution in [-0.4, -0.2) is 78.6 Å². The number of hydrogen-bond donors (Lipinski definition) is 0. The zero-order valence-corrected chi connectivity index (χ0v) is 23.7. The molecule has 0 atom stereocenters. The summed E-state index contributed by atoms with van der Waals surface area (Å²) in [5.41, 5.74) is 0. The van der Waals surface area contributed by atoms with Crippen LogP contribution in [0.5, 0.6) is 0 Å². The highest BCUT2D eigenvalue weighted by Crippen LogP contribution is 2.10. The molecule has 0 aromatic rings. The number of ether oxygens (including phenoxy) is 6. The van der Waals surface area contributed by atoms with Gasteiger partial charge in [-0.15, -0.1) is 0 Å². The van der Waals surface area contributed by atoms with E-state index in [4.69, 9.17) is 28.4 Å². The lowest BCUT2D eigenvalue weighted by Gasteiger charge is -2.08. The van der Waals surface area contributed by atoms with E-state index in [2.05, 4.69) is 13.8 Å². The summed E-state index contributed by atoms with van der Waals surface area (Å²) in [6.07, 6.45) is 18.0. The van der Waals surface area contributed by atoms with Crippen molar-refractivity contribution in [3.05, 3.63) is 0 Å². The number of carbonyl (C=O) groups is 1. The van der Waals surface area contributed by atoms with Crippen molar-refractivity contribution in [2.24, 2.45) is 0 Å². The molecular formula is C29H58O7. The van der Waals surface area contributed by atoms with E-state index in [1.54, 1.807) is 0 Å². The summed E-state index contributed by atoms with van der Waals surface area (Å²) in [4.78, 5) is 11.7. The monoisotopic (exact) mass is 518 g/mol.